The Morgan fingerprint density at radius 1 is 0.950 bits per heavy atom. The van der Waals surface area contributed by atoms with Gasteiger partial charge in [-0.05, 0) is 37.6 Å². The van der Waals surface area contributed by atoms with Crippen LogP contribution in [0.15, 0.2) is 42.7 Å². The molecule has 2 amide bonds. The molecule has 0 radical (unpaired) electrons. The molecule has 2 rings (SSSR count). The Bertz CT molecular complexity index is 639. The highest BCUT2D eigenvalue weighted by atomic mass is 16.2. The van der Waals surface area contributed by atoms with Gasteiger partial charge in [-0.15, -0.1) is 0 Å². The molecule has 1 aromatic carbocycles. The molecule has 5 heteroatoms. The Hall–Kier alpha value is -2.69. The van der Waals surface area contributed by atoms with Gasteiger partial charge in [-0.2, -0.15) is 0 Å². The molecule has 0 atom stereocenters. The highest BCUT2D eigenvalue weighted by Gasteiger charge is 2.11. The molecule has 2 N–H and O–H groups in total. The minimum atomic E-state index is -0.383. The van der Waals surface area contributed by atoms with E-state index in [1.807, 2.05) is 26.0 Å². The number of nitrogens with one attached hydrogen (secondary N) is 2. The number of benzene rings is 1. The molecular formula is C15H15N3O2. The van der Waals surface area contributed by atoms with Crippen LogP contribution in [-0.4, -0.2) is 16.8 Å². The average molecular weight is 269 g/mol. The molecular weight excluding hydrogens is 254 g/mol. The van der Waals surface area contributed by atoms with Crippen LogP contribution in [0.2, 0.25) is 0 Å². The molecule has 0 aliphatic rings. The molecule has 0 aliphatic carbocycles. The van der Waals surface area contributed by atoms with Crippen LogP contribution in [0.25, 0.3) is 0 Å². The van der Waals surface area contributed by atoms with Gasteiger partial charge in [0.15, 0.2) is 0 Å². The highest BCUT2D eigenvalue weighted by molar-refractivity contribution is 5.99. The van der Waals surface area contributed by atoms with Crippen molar-refractivity contribution in [3.63, 3.8) is 0 Å². The van der Waals surface area contributed by atoms with Gasteiger partial charge < -0.3 is 0 Å². The van der Waals surface area contributed by atoms with Crippen LogP contribution in [0, 0.1) is 13.8 Å². The van der Waals surface area contributed by atoms with E-state index in [9.17, 15) is 9.59 Å². The normalized spacial score (nSPS) is 9.90. The number of amides is 2. The Kier molecular flexibility index (Phi) is 4.10. The quantitative estimate of drug-likeness (QED) is 0.816. The van der Waals surface area contributed by atoms with Gasteiger partial charge in [-0.1, -0.05) is 17.7 Å². The molecule has 0 bridgehead atoms. The summed E-state index contributed by atoms with van der Waals surface area (Å²) in [5, 5.41) is 0. The maximum atomic E-state index is 12.0. The van der Waals surface area contributed by atoms with Crippen molar-refractivity contribution in [3.8, 4) is 0 Å². The van der Waals surface area contributed by atoms with Gasteiger partial charge in [0.05, 0.1) is 0 Å². The minimum absolute atomic E-state index is 0.339. The first kappa shape index (κ1) is 13.7. The summed E-state index contributed by atoms with van der Waals surface area (Å²) in [7, 11) is 0. The number of carbonyl (C=O) groups is 2. The number of rotatable bonds is 2. The standard InChI is InChI=1S/C15H15N3O2/c1-10-3-4-11(2)13(9-10)15(20)18-17-14(19)12-5-7-16-8-6-12/h3-9H,1-2H3,(H,17,19)(H,18,20). The van der Waals surface area contributed by atoms with Crippen molar-refractivity contribution in [1.82, 2.24) is 15.8 Å². The van der Waals surface area contributed by atoms with Crippen LogP contribution >= 0.6 is 0 Å². The van der Waals surface area contributed by atoms with Crippen LogP contribution in [0.4, 0.5) is 0 Å². The van der Waals surface area contributed by atoms with Crippen LogP contribution in [-0.2, 0) is 0 Å². The third-order valence-corrected chi connectivity index (χ3v) is 2.87. The second kappa shape index (κ2) is 5.97. The van der Waals surface area contributed by atoms with E-state index in [2.05, 4.69) is 15.8 Å². The molecule has 102 valence electrons. The third kappa shape index (κ3) is 3.20. The Morgan fingerprint density at radius 3 is 2.30 bits per heavy atom. The smallest absolute Gasteiger partial charge is 0.267 e. The van der Waals surface area contributed by atoms with Gasteiger partial charge in [-0.25, -0.2) is 0 Å². The van der Waals surface area contributed by atoms with E-state index >= 15 is 0 Å². The summed E-state index contributed by atoms with van der Waals surface area (Å²) in [6, 6.07) is 8.72. The summed E-state index contributed by atoms with van der Waals surface area (Å²) in [6.45, 7) is 3.75. The fourth-order valence-corrected chi connectivity index (χ4v) is 1.74. The van der Waals surface area contributed by atoms with Crippen molar-refractivity contribution in [1.29, 1.82) is 0 Å². The zero-order chi connectivity index (χ0) is 14.5. The lowest BCUT2D eigenvalue weighted by atomic mass is 10.1. The van der Waals surface area contributed by atoms with E-state index in [0.29, 0.717) is 11.1 Å². The van der Waals surface area contributed by atoms with Gasteiger partial charge in [-0.3, -0.25) is 25.4 Å². The number of hydrazine groups is 1. The first-order valence-corrected chi connectivity index (χ1v) is 6.16. The summed E-state index contributed by atoms with van der Waals surface area (Å²) < 4.78 is 0. The number of aryl methyl sites for hydroxylation is 2. The molecule has 5 nitrogen and oxygen atoms in total. The number of hydrogen-bond donors (Lipinski definition) is 2. The maximum absolute atomic E-state index is 12.0. The number of carbonyl (C=O) groups excluding carboxylic acids is 2. The van der Waals surface area contributed by atoms with E-state index in [1.165, 1.54) is 12.4 Å². The maximum Gasteiger partial charge on any atom is 0.269 e. The second-order valence-electron chi connectivity index (χ2n) is 4.46. The number of aromatic nitrogens is 1. The third-order valence-electron chi connectivity index (χ3n) is 2.87. The average Bonchev–Trinajstić information content (AvgIpc) is 2.47. The van der Waals surface area contributed by atoms with Crippen LogP contribution in [0.5, 0.6) is 0 Å². The second-order valence-corrected chi connectivity index (χ2v) is 4.46. The minimum Gasteiger partial charge on any atom is -0.267 e. The zero-order valence-electron chi connectivity index (χ0n) is 11.3. The number of hydrogen-bond acceptors (Lipinski definition) is 3. The van der Waals surface area contributed by atoms with Gasteiger partial charge in [0.1, 0.15) is 0 Å². The lowest BCUT2D eigenvalue weighted by molar-refractivity contribution is 0.0846. The molecule has 1 aromatic heterocycles. The first-order valence-electron chi connectivity index (χ1n) is 6.16. The van der Waals surface area contributed by atoms with E-state index in [4.69, 9.17) is 0 Å². The molecule has 1 heterocycles. The van der Waals surface area contributed by atoms with E-state index in [1.54, 1.807) is 18.2 Å². The SMILES string of the molecule is Cc1ccc(C)c(C(=O)NNC(=O)c2ccncc2)c1. The van der Waals surface area contributed by atoms with Gasteiger partial charge in [0.2, 0.25) is 0 Å². The van der Waals surface area contributed by atoms with Gasteiger partial charge in [0, 0.05) is 23.5 Å². The molecule has 0 saturated heterocycles. The van der Waals surface area contributed by atoms with Crippen molar-refractivity contribution >= 4 is 11.8 Å². The van der Waals surface area contributed by atoms with Crippen molar-refractivity contribution < 1.29 is 9.59 Å². The summed E-state index contributed by atoms with van der Waals surface area (Å²) in [6.07, 6.45) is 3.03. The fourth-order valence-electron chi connectivity index (χ4n) is 1.74. The Labute approximate surface area is 117 Å². The van der Waals surface area contributed by atoms with Crippen molar-refractivity contribution in [2.45, 2.75) is 13.8 Å². The summed E-state index contributed by atoms with van der Waals surface area (Å²) in [5.41, 5.74) is 7.60. The summed E-state index contributed by atoms with van der Waals surface area (Å²) in [4.78, 5) is 27.6. The zero-order valence-corrected chi connectivity index (χ0v) is 11.3. The molecule has 20 heavy (non-hydrogen) atoms. The molecule has 2 aromatic rings. The van der Waals surface area contributed by atoms with Crippen LogP contribution in [0.3, 0.4) is 0 Å². The molecule has 0 fully saturated rings. The summed E-state index contributed by atoms with van der Waals surface area (Å²) >= 11 is 0. The number of pyridine rings is 1. The van der Waals surface area contributed by atoms with E-state index < -0.39 is 0 Å². The van der Waals surface area contributed by atoms with Gasteiger partial charge >= 0.3 is 0 Å². The van der Waals surface area contributed by atoms with Crippen molar-refractivity contribution in [2.75, 3.05) is 0 Å². The van der Waals surface area contributed by atoms with Crippen LogP contribution < -0.4 is 10.9 Å². The monoisotopic (exact) mass is 269 g/mol. The Balaban J connectivity index is 2.02. The largest absolute Gasteiger partial charge is 0.269 e. The van der Waals surface area contributed by atoms with Crippen molar-refractivity contribution in [2.24, 2.45) is 0 Å². The highest BCUT2D eigenvalue weighted by Crippen LogP contribution is 2.10. The topological polar surface area (TPSA) is 71.1 Å². The molecule has 0 saturated carbocycles. The summed E-state index contributed by atoms with van der Waals surface area (Å²) in [5.74, 6) is -0.723. The van der Waals surface area contributed by atoms with E-state index in [-0.39, 0.29) is 11.8 Å². The van der Waals surface area contributed by atoms with Crippen molar-refractivity contribution in [3.05, 3.63) is 65.0 Å². The lowest BCUT2D eigenvalue weighted by Gasteiger charge is -2.09. The molecule has 0 unspecified atom stereocenters. The van der Waals surface area contributed by atoms with Crippen LogP contribution in [0.1, 0.15) is 31.8 Å². The Morgan fingerprint density at radius 2 is 1.60 bits per heavy atom. The number of nitrogens with zero attached hydrogens (tertiary/aromatic N) is 1. The predicted octanol–water partition coefficient (Wildman–Crippen LogP) is 1.77. The van der Waals surface area contributed by atoms with E-state index in [0.717, 1.165) is 11.1 Å². The fraction of sp³-hybridized carbons (Fsp3) is 0.133. The molecule has 0 spiro atoms. The molecule has 0 aliphatic heterocycles. The first-order chi connectivity index (χ1) is 9.58. The van der Waals surface area contributed by atoms with Gasteiger partial charge in [0.25, 0.3) is 11.8 Å². The lowest BCUT2D eigenvalue weighted by Crippen LogP contribution is -2.41. The predicted molar refractivity (Wildman–Crippen MR) is 75.1 cm³/mol.